The van der Waals surface area contributed by atoms with E-state index in [4.69, 9.17) is 0 Å². The highest BCUT2D eigenvalue weighted by Crippen LogP contribution is 2.31. The second-order valence-corrected chi connectivity index (χ2v) is 9.09. The molecule has 0 saturated carbocycles. The Morgan fingerprint density at radius 2 is 1.66 bits per heavy atom. The summed E-state index contributed by atoms with van der Waals surface area (Å²) in [6.45, 7) is 13.8. The summed E-state index contributed by atoms with van der Waals surface area (Å²) in [6, 6.07) is 7.22. The average molecular weight is 401 g/mol. The van der Waals surface area contributed by atoms with Crippen molar-refractivity contribution < 1.29 is 14.4 Å². The Kier molecular flexibility index (Phi) is 5.72. The first-order chi connectivity index (χ1) is 13.6. The third-order valence-corrected chi connectivity index (χ3v) is 6.07. The van der Waals surface area contributed by atoms with Crippen LogP contribution in [0.1, 0.15) is 45.7 Å². The number of piperazine rings is 1. The van der Waals surface area contributed by atoms with E-state index in [1.165, 1.54) is 0 Å². The SMILES string of the molecule is CCN1CCN(C(=O)CN2C(=O)NC(C)(c3ccc(C(C)(C)C)cc3)C2=O)CC1. The maximum atomic E-state index is 13.1. The van der Waals surface area contributed by atoms with E-state index in [-0.39, 0.29) is 23.8 Å². The fraction of sp³-hybridized carbons (Fsp3) is 0.591. The van der Waals surface area contributed by atoms with Crippen molar-refractivity contribution in [3.05, 3.63) is 35.4 Å². The fourth-order valence-electron chi connectivity index (χ4n) is 3.89. The molecule has 1 aromatic rings. The van der Waals surface area contributed by atoms with Gasteiger partial charge in [-0.15, -0.1) is 0 Å². The topological polar surface area (TPSA) is 73.0 Å². The van der Waals surface area contributed by atoms with E-state index >= 15 is 0 Å². The molecule has 2 aliphatic rings. The molecule has 1 unspecified atom stereocenters. The van der Waals surface area contributed by atoms with Gasteiger partial charge in [-0.05, 0) is 30.0 Å². The van der Waals surface area contributed by atoms with Crippen LogP contribution in [0.25, 0.3) is 0 Å². The number of urea groups is 1. The zero-order chi connectivity index (χ0) is 21.4. The minimum atomic E-state index is -1.16. The lowest BCUT2D eigenvalue weighted by atomic mass is 9.84. The standard InChI is InChI=1S/C22H32N4O3/c1-6-24-11-13-25(14-12-24)18(27)15-26-19(28)22(5,23-20(26)29)17-9-7-16(8-10-17)21(2,3)4/h7-10H,6,11-15H2,1-5H3,(H,23,29). The number of carbonyl (C=O) groups excluding carboxylic acids is 3. The van der Waals surface area contributed by atoms with Gasteiger partial charge in [0, 0.05) is 26.2 Å². The van der Waals surface area contributed by atoms with Crippen molar-refractivity contribution in [3.63, 3.8) is 0 Å². The number of hydrogen-bond acceptors (Lipinski definition) is 4. The maximum Gasteiger partial charge on any atom is 0.325 e. The summed E-state index contributed by atoms with van der Waals surface area (Å²) < 4.78 is 0. The number of imide groups is 1. The molecule has 158 valence electrons. The van der Waals surface area contributed by atoms with Gasteiger partial charge in [-0.3, -0.25) is 14.5 Å². The molecule has 0 aromatic heterocycles. The van der Waals surface area contributed by atoms with E-state index in [1.54, 1.807) is 11.8 Å². The van der Waals surface area contributed by atoms with E-state index in [0.717, 1.165) is 35.7 Å². The van der Waals surface area contributed by atoms with Crippen LogP contribution in [0.15, 0.2) is 24.3 Å². The van der Waals surface area contributed by atoms with Crippen molar-refractivity contribution in [2.45, 2.75) is 45.6 Å². The van der Waals surface area contributed by atoms with Gasteiger partial charge in [0.15, 0.2) is 0 Å². The Bertz CT molecular complexity index is 791. The molecule has 0 spiro atoms. The minimum absolute atomic E-state index is 0.00260. The molecule has 1 N–H and O–H groups in total. The van der Waals surface area contributed by atoms with Crippen LogP contribution in [0, 0.1) is 0 Å². The lowest BCUT2D eigenvalue weighted by Crippen LogP contribution is -2.52. The smallest absolute Gasteiger partial charge is 0.325 e. The van der Waals surface area contributed by atoms with E-state index in [9.17, 15) is 14.4 Å². The predicted octanol–water partition coefficient (Wildman–Crippen LogP) is 1.92. The van der Waals surface area contributed by atoms with Crippen LogP contribution in [0.3, 0.4) is 0 Å². The number of nitrogens with one attached hydrogen (secondary N) is 1. The third kappa shape index (κ3) is 4.15. The largest absolute Gasteiger partial charge is 0.339 e. The minimum Gasteiger partial charge on any atom is -0.339 e. The van der Waals surface area contributed by atoms with Crippen molar-refractivity contribution in [1.82, 2.24) is 20.0 Å². The van der Waals surface area contributed by atoms with Crippen molar-refractivity contribution in [1.29, 1.82) is 0 Å². The highest BCUT2D eigenvalue weighted by Gasteiger charge is 2.49. The third-order valence-electron chi connectivity index (χ3n) is 6.07. The van der Waals surface area contributed by atoms with Gasteiger partial charge in [-0.25, -0.2) is 4.79 Å². The van der Waals surface area contributed by atoms with Gasteiger partial charge in [-0.1, -0.05) is 52.0 Å². The van der Waals surface area contributed by atoms with Gasteiger partial charge in [0.25, 0.3) is 5.91 Å². The molecule has 2 fully saturated rings. The number of benzene rings is 1. The Balaban J connectivity index is 1.71. The average Bonchev–Trinajstić information content (AvgIpc) is 2.91. The summed E-state index contributed by atoms with van der Waals surface area (Å²) in [4.78, 5) is 43.4. The van der Waals surface area contributed by atoms with E-state index < -0.39 is 11.6 Å². The number of amides is 4. The first-order valence-corrected chi connectivity index (χ1v) is 10.3. The molecule has 29 heavy (non-hydrogen) atoms. The highest BCUT2D eigenvalue weighted by atomic mass is 16.2. The fourth-order valence-corrected chi connectivity index (χ4v) is 3.89. The molecule has 3 rings (SSSR count). The lowest BCUT2D eigenvalue weighted by molar-refractivity contribution is -0.139. The molecular formula is C22H32N4O3. The molecule has 7 nitrogen and oxygen atoms in total. The molecule has 0 radical (unpaired) electrons. The van der Waals surface area contributed by atoms with E-state index in [1.807, 2.05) is 24.3 Å². The van der Waals surface area contributed by atoms with Gasteiger partial charge < -0.3 is 15.1 Å². The van der Waals surface area contributed by atoms with Crippen LogP contribution in [-0.2, 0) is 20.5 Å². The molecule has 2 heterocycles. The van der Waals surface area contributed by atoms with E-state index in [2.05, 4.69) is 37.9 Å². The van der Waals surface area contributed by atoms with Crippen LogP contribution in [0.4, 0.5) is 4.79 Å². The summed E-state index contributed by atoms with van der Waals surface area (Å²) >= 11 is 0. The van der Waals surface area contributed by atoms with Crippen LogP contribution in [-0.4, -0.2) is 71.8 Å². The molecule has 2 aliphatic heterocycles. The molecule has 1 atom stereocenters. The van der Waals surface area contributed by atoms with Gasteiger partial charge >= 0.3 is 6.03 Å². The Morgan fingerprint density at radius 3 is 2.17 bits per heavy atom. The summed E-state index contributed by atoms with van der Waals surface area (Å²) in [5, 5.41) is 2.79. The van der Waals surface area contributed by atoms with Crippen LogP contribution < -0.4 is 5.32 Å². The Labute approximate surface area is 173 Å². The molecule has 2 saturated heterocycles. The van der Waals surface area contributed by atoms with Gasteiger partial charge in [-0.2, -0.15) is 0 Å². The Morgan fingerprint density at radius 1 is 1.07 bits per heavy atom. The number of carbonyl (C=O) groups is 3. The molecule has 7 heteroatoms. The second kappa shape index (κ2) is 7.78. The lowest BCUT2D eigenvalue weighted by Gasteiger charge is -2.34. The van der Waals surface area contributed by atoms with Crippen molar-refractivity contribution in [2.75, 3.05) is 39.3 Å². The first-order valence-electron chi connectivity index (χ1n) is 10.3. The zero-order valence-corrected chi connectivity index (χ0v) is 18.1. The summed E-state index contributed by atoms with van der Waals surface area (Å²) in [6.07, 6.45) is 0. The van der Waals surface area contributed by atoms with Gasteiger partial charge in [0.2, 0.25) is 5.91 Å². The van der Waals surface area contributed by atoms with Crippen molar-refractivity contribution in [2.24, 2.45) is 0 Å². The Hall–Kier alpha value is -2.41. The van der Waals surface area contributed by atoms with E-state index in [0.29, 0.717) is 13.1 Å². The highest BCUT2D eigenvalue weighted by molar-refractivity contribution is 6.09. The van der Waals surface area contributed by atoms with Crippen LogP contribution in [0.2, 0.25) is 0 Å². The normalized spacial score (nSPS) is 23.5. The number of nitrogens with zero attached hydrogens (tertiary/aromatic N) is 3. The first kappa shape index (κ1) is 21.3. The number of likely N-dealkylation sites (N-methyl/N-ethyl adjacent to an activating group) is 1. The number of hydrogen-bond donors (Lipinski definition) is 1. The molecule has 0 aliphatic carbocycles. The molecular weight excluding hydrogens is 368 g/mol. The summed E-state index contributed by atoms with van der Waals surface area (Å²) in [7, 11) is 0. The van der Waals surface area contributed by atoms with Crippen molar-refractivity contribution in [3.8, 4) is 0 Å². The monoisotopic (exact) mass is 400 g/mol. The number of rotatable bonds is 4. The van der Waals surface area contributed by atoms with Crippen LogP contribution >= 0.6 is 0 Å². The van der Waals surface area contributed by atoms with Crippen LogP contribution in [0.5, 0.6) is 0 Å². The summed E-state index contributed by atoms with van der Waals surface area (Å²) in [5.41, 5.74) is 0.715. The molecule has 1 aromatic carbocycles. The van der Waals surface area contributed by atoms with Gasteiger partial charge in [0.05, 0.1) is 0 Å². The molecule has 0 bridgehead atoms. The summed E-state index contributed by atoms with van der Waals surface area (Å²) in [5.74, 6) is -0.567. The van der Waals surface area contributed by atoms with Crippen molar-refractivity contribution >= 4 is 17.8 Å². The second-order valence-electron chi connectivity index (χ2n) is 9.09. The zero-order valence-electron chi connectivity index (χ0n) is 18.1. The predicted molar refractivity (Wildman–Crippen MR) is 111 cm³/mol. The maximum absolute atomic E-state index is 13.1. The quantitative estimate of drug-likeness (QED) is 0.784. The van der Waals surface area contributed by atoms with Gasteiger partial charge in [0.1, 0.15) is 12.1 Å². The molecule has 4 amide bonds.